The smallest absolute Gasteiger partial charge is 0.407 e. The highest BCUT2D eigenvalue weighted by atomic mass is 16.5. The Bertz CT molecular complexity index is 1330. The van der Waals surface area contributed by atoms with Crippen molar-refractivity contribution >= 4 is 12.0 Å². The molecule has 0 aliphatic heterocycles. The van der Waals surface area contributed by atoms with E-state index in [-0.39, 0.29) is 24.5 Å². The van der Waals surface area contributed by atoms with Gasteiger partial charge in [0.15, 0.2) is 0 Å². The standard InChI is InChI=1S/C32H30N2O3/c1-22(24-14-6-3-7-15-24)33-31(35)30(20-23-12-4-2-5-13-23)34-32(36)37-21-29-27-18-10-8-16-25(27)26-17-9-11-19-28(26)29/h2-19,22,29-30H,20-21H2,1H3,(H,33,35)(H,34,36)/t22-,30-/m0/s1. The molecule has 1 aliphatic rings. The first-order chi connectivity index (χ1) is 18.1. The van der Waals surface area contributed by atoms with Gasteiger partial charge in [0.2, 0.25) is 5.91 Å². The van der Waals surface area contributed by atoms with Gasteiger partial charge in [0, 0.05) is 12.3 Å². The van der Waals surface area contributed by atoms with Gasteiger partial charge < -0.3 is 15.4 Å². The Morgan fingerprint density at radius 3 is 1.89 bits per heavy atom. The van der Waals surface area contributed by atoms with E-state index in [1.54, 1.807) is 0 Å². The van der Waals surface area contributed by atoms with Crippen LogP contribution in [0.2, 0.25) is 0 Å². The second-order valence-corrected chi connectivity index (χ2v) is 9.35. The molecule has 5 rings (SSSR count). The lowest BCUT2D eigenvalue weighted by molar-refractivity contribution is -0.123. The van der Waals surface area contributed by atoms with E-state index in [2.05, 4.69) is 34.9 Å². The third-order valence-corrected chi connectivity index (χ3v) is 6.89. The van der Waals surface area contributed by atoms with E-state index in [1.165, 1.54) is 11.1 Å². The molecule has 0 heterocycles. The van der Waals surface area contributed by atoms with Crippen molar-refractivity contribution in [3.8, 4) is 11.1 Å². The van der Waals surface area contributed by atoms with Gasteiger partial charge in [0.1, 0.15) is 12.6 Å². The zero-order valence-corrected chi connectivity index (χ0v) is 20.8. The largest absolute Gasteiger partial charge is 0.449 e. The average Bonchev–Trinajstić information content (AvgIpc) is 3.26. The number of alkyl carbamates (subject to hydrolysis) is 1. The van der Waals surface area contributed by atoms with Crippen LogP contribution in [0.25, 0.3) is 11.1 Å². The predicted molar refractivity (Wildman–Crippen MR) is 145 cm³/mol. The Kier molecular flexibility index (Phi) is 7.31. The monoisotopic (exact) mass is 490 g/mol. The maximum Gasteiger partial charge on any atom is 0.407 e. The molecule has 1 aliphatic carbocycles. The molecule has 2 amide bonds. The predicted octanol–water partition coefficient (Wildman–Crippen LogP) is 6.01. The van der Waals surface area contributed by atoms with Gasteiger partial charge in [-0.15, -0.1) is 0 Å². The molecule has 0 spiro atoms. The average molecular weight is 491 g/mol. The van der Waals surface area contributed by atoms with Crippen molar-refractivity contribution in [3.05, 3.63) is 131 Å². The number of carbonyl (C=O) groups excluding carboxylic acids is 2. The van der Waals surface area contributed by atoms with Crippen LogP contribution in [0.15, 0.2) is 109 Å². The molecule has 186 valence electrons. The van der Waals surface area contributed by atoms with Gasteiger partial charge in [-0.1, -0.05) is 109 Å². The topological polar surface area (TPSA) is 67.4 Å². The van der Waals surface area contributed by atoms with E-state index in [0.29, 0.717) is 6.42 Å². The lowest BCUT2D eigenvalue weighted by atomic mass is 9.98. The third kappa shape index (κ3) is 5.56. The number of nitrogens with one attached hydrogen (secondary N) is 2. The summed E-state index contributed by atoms with van der Waals surface area (Å²) in [7, 11) is 0. The molecule has 0 aromatic heterocycles. The van der Waals surface area contributed by atoms with Crippen molar-refractivity contribution in [3.63, 3.8) is 0 Å². The molecule has 0 saturated carbocycles. The molecular formula is C32H30N2O3. The van der Waals surface area contributed by atoms with Gasteiger partial charge in [-0.3, -0.25) is 4.79 Å². The lowest BCUT2D eigenvalue weighted by Gasteiger charge is -2.22. The molecule has 5 heteroatoms. The summed E-state index contributed by atoms with van der Waals surface area (Å²) in [5.74, 6) is -0.300. The van der Waals surface area contributed by atoms with Crippen molar-refractivity contribution in [2.75, 3.05) is 6.61 Å². The van der Waals surface area contributed by atoms with Crippen LogP contribution in [0, 0.1) is 0 Å². The van der Waals surface area contributed by atoms with Crippen LogP contribution >= 0.6 is 0 Å². The van der Waals surface area contributed by atoms with E-state index in [0.717, 1.165) is 22.3 Å². The van der Waals surface area contributed by atoms with Crippen LogP contribution in [0.3, 0.4) is 0 Å². The summed E-state index contributed by atoms with van der Waals surface area (Å²) in [6.07, 6.45) is -0.247. The summed E-state index contributed by atoms with van der Waals surface area (Å²) < 4.78 is 5.72. The number of hydrogen-bond donors (Lipinski definition) is 2. The normalized spacial score (nSPS) is 13.6. The van der Waals surface area contributed by atoms with E-state index >= 15 is 0 Å². The van der Waals surface area contributed by atoms with E-state index < -0.39 is 12.1 Å². The Balaban J connectivity index is 1.28. The molecule has 4 aromatic rings. The van der Waals surface area contributed by atoms with Gasteiger partial charge in [-0.05, 0) is 40.3 Å². The zero-order valence-electron chi connectivity index (χ0n) is 20.8. The number of benzene rings is 4. The molecule has 0 fully saturated rings. The van der Waals surface area contributed by atoms with Crippen molar-refractivity contribution in [1.82, 2.24) is 10.6 Å². The van der Waals surface area contributed by atoms with Crippen LogP contribution < -0.4 is 10.6 Å². The van der Waals surface area contributed by atoms with Crippen molar-refractivity contribution in [2.45, 2.75) is 31.3 Å². The minimum Gasteiger partial charge on any atom is -0.449 e. The molecule has 2 atom stereocenters. The molecule has 0 unspecified atom stereocenters. The van der Waals surface area contributed by atoms with Crippen LogP contribution in [0.4, 0.5) is 4.79 Å². The molecule has 5 nitrogen and oxygen atoms in total. The van der Waals surface area contributed by atoms with Gasteiger partial charge in [0.05, 0.1) is 6.04 Å². The number of hydrogen-bond acceptors (Lipinski definition) is 3. The summed E-state index contributed by atoms with van der Waals surface area (Å²) in [5.41, 5.74) is 6.58. The van der Waals surface area contributed by atoms with E-state index in [9.17, 15) is 9.59 Å². The van der Waals surface area contributed by atoms with E-state index in [1.807, 2.05) is 91.9 Å². The summed E-state index contributed by atoms with van der Waals surface area (Å²) in [4.78, 5) is 26.2. The number of rotatable bonds is 8. The molecule has 0 radical (unpaired) electrons. The van der Waals surface area contributed by atoms with Crippen molar-refractivity contribution < 1.29 is 14.3 Å². The van der Waals surface area contributed by atoms with Gasteiger partial charge in [0.25, 0.3) is 0 Å². The second-order valence-electron chi connectivity index (χ2n) is 9.35. The van der Waals surface area contributed by atoms with E-state index in [4.69, 9.17) is 4.74 Å². The van der Waals surface area contributed by atoms with Gasteiger partial charge in [-0.25, -0.2) is 4.79 Å². The van der Waals surface area contributed by atoms with Crippen molar-refractivity contribution in [1.29, 1.82) is 0 Å². The third-order valence-electron chi connectivity index (χ3n) is 6.89. The fraction of sp³-hybridized carbons (Fsp3) is 0.188. The Morgan fingerprint density at radius 2 is 1.27 bits per heavy atom. The number of carbonyl (C=O) groups is 2. The minimum absolute atomic E-state index is 0.0438. The maximum atomic E-state index is 13.3. The fourth-order valence-electron chi connectivity index (χ4n) is 4.98. The highest BCUT2D eigenvalue weighted by Gasteiger charge is 2.30. The highest BCUT2D eigenvalue weighted by molar-refractivity contribution is 5.86. The first-order valence-electron chi connectivity index (χ1n) is 12.6. The van der Waals surface area contributed by atoms with Crippen LogP contribution in [-0.2, 0) is 16.0 Å². The first-order valence-corrected chi connectivity index (χ1v) is 12.6. The molecule has 37 heavy (non-hydrogen) atoms. The number of ether oxygens (including phenoxy) is 1. The Labute approximate surface area is 217 Å². The molecular weight excluding hydrogens is 460 g/mol. The fourth-order valence-corrected chi connectivity index (χ4v) is 4.98. The molecule has 2 N–H and O–H groups in total. The van der Waals surface area contributed by atoms with Gasteiger partial charge >= 0.3 is 6.09 Å². The first kappa shape index (κ1) is 24.3. The number of amides is 2. The quantitative estimate of drug-likeness (QED) is 0.318. The summed E-state index contributed by atoms with van der Waals surface area (Å²) in [6, 6.07) is 34.9. The summed E-state index contributed by atoms with van der Waals surface area (Å²) >= 11 is 0. The van der Waals surface area contributed by atoms with Crippen molar-refractivity contribution in [2.24, 2.45) is 0 Å². The molecule has 0 bridgehead atoms. The van der Waals surface area contributed by atoms with Crippen LogP contribution in [-0.4, -0.2) is 24.6 Å². The number of fused-ring (bicyclic) bond motifs is 3. The minimum atomic E-state index is -0.774. The SMILES string of the molecule is C[C@H](NC(=O)[C@H](Cc1ccccc1)NC(=O)OCC1c2ccccc2-c2ccccc21)c1ccccc1. The zero-order chi connectivity index (χ0) is 25.6. The summed E-state index contributed by atoms with van der Waals surface area (Å²) in [6.45, 7) is 2.13. The van der Waals surface area contributed by atoms with Crippen LogP contribution in [0.1, 0.15) is 41.1 Å². The Hall–Kier alpha value is -4.38. The highest BCUT2D eigenvalue weighted by Crippen LogP contribution is 2.44. The Morgan fingerprint density at radius 1 is 0.730 bits per heavy atom. The second kappa shape index (κ2) is 11.1. The molecule has 4 aromatic carbocycles. The lowest BCUT2D eigenvalue weighted by Crippen LogP contribution is -2.48. The maximum absolute atomic E-state index is 13.3. The van der Waals surface area contributed by atoms with Crippen LogP contribution in [0.5, 0.6) is 0 Å². The summed E-state index contributed by atoms with van der Waals surface area (Å²) in [5, 5.41) is 5.86. The molecule has 0 saturated heterocycles. The van der Waals surface area contributed by atoms with Gasteiger partial charge in [-0.2, -0.15) is 0 Å².